The van der Waals surface area contributed by atoms with Gasteiger partial charge in [-0.15, -0.1) is 0 Å². The highest BCUT2D eigenvalue weighted by Crippen LogP contribution is 2.36. The van der Waals surface area contributed by atoms with Gasteiger partial charge in [-0.25, -0.2) is 14.4 Å². The van der Waals surface area contributed by atoms with E-state index in [1.807, 2.05) is 37.3 Å². The van der Waals surface area contributed by atoms with Crippen molar-refractivity contribution in [2.45, 2.75) is 46.3 Å². The Kier molecular flexibility index (Phi) is 8.88. The maximum atomic E-state index is 13.2. The first kappa shape index (κ1) is 27.0. The SMILES string of the molecule is CCCOC(=O)c1ccc(-c2c(Cl)cccc2C(=O)OCc2ccccc2)c(C(=O)OC(C)(C)C)c1. The van der Waals surface area contributed by atoms with Gasteiger partial charge in [0.15, 0.2) is 0 Å². The molecule has 0 aromatic heterocycles. The van der Waals surface area contributed by atoms with Gasteiger partial charge < -0.3 is 14.2 Å². The number of hydrogen-bond acceptors (Lipinski definition) is 6. The van der Waals surface area contributed by atoms with E-state index in [9.17, 15) is 14.4 Å². The van der Waals surface area contributed by atoms with Gasteiger partial charge >= 0.3 is 17.9 Å². The quantitative estimate of drug-likeness (QED) is 0.243. The molecule has 0 aliphatic carbocycles. The van der Waals surface area contributed by atoms with Gasteiger partial charge in [0.05, 0.1) is 23.3 Å². The van der Waals surface area contributed by atoms with Crippen LogP contribution < -0.4 is 0 Å². The molecule has 0 radical (unpaired) electrons. The van der Waals surface area contributed by atoms with Crippen LogP contribution in [-0.2, 0) is 20.8 Å². The van der Waals surface area contributed by atoms with Crippen LogP contribution >= 0.6 is 11.6 Å². The molecule has 0 atom stereocenters. The Morgan fingerprint density at radius 2 is 1.53 bits per heavy atom. The van der Waals surface area contributed by atoms with E-state index in [2.05, 4.69) is 0 Å². The molecule has 6 nitrogen and oxygen atoms in total. The second kappa shape index (κ2) is 11.9. The minimum atomic E-state index is -0.787. The lowest BCUT2D eigenvalue weighted by atomic mass is 9.93. The second-order valence-electron chi connectivity index (χ2n) is 9.12. The van der Waals surface area contributed by atoms with Gasteiger partial charge in [-0.2, -0.15) is 0 Å². The fraction of sp³-hybridized carbons (Fsp3) is 0.276. The number of carbonyl (C=O) groups excluding carboxylic acids is 3. The highest BCUT2D eigenvalue weighted by atomic mass is 35.5. The maximum Gasteiger partial charge on any atom is 0.339 e. The molecule has 0 aliphatic rings. The zero-order valence-electron chi connectivity index (χ0n) is 20.8. The zero-order chi connectivity index (χ0) is 26.3. The van der Waals surface area contributed by atoms with Crippen molar-refractivity contribution in [3.63, 3.8) is 0 Å². The Balaban J connectivity index is 2.06. The van der Waals surface area contributed by atoms with E-state index in [-0.39, 0.29) is 34.9 Å². The fourth-order valence-corrected chi connectivity index (χ4v) is 3.71. The van der Waals surface area contributed by atoms with Gasteiger partial charge in [0.1, 0.15) is 12.2 Å². The summed E-state index contributed by atoms with van der Waals surface area (Å²) in [6.45, 7) is 7.44. The van der Waals surface area contributed by atoms with Crippen molar-refractivity contribution in [2.24, 2.45) is 0 Å². The van der Waals surface area contributed by atoms with Crippen LogP contribution in [0.5, 0.6) is 0 Å². The average molecular weight is 509 g/mol. The highest BCUT2D eigenvalue weighted by molar-refractivity contribution is 6.34. The summed E-state index contributed by atoms with van der Waals surface area (Å²) in [5.74, 6) is -1.82. The topological polar surface area (TPSA) is 78.9 Å². The van der Waals surface area contributed by atoms with Crippen LogP contribution in [0.4, 0.5) is 0 Å². The predicted octanol–water partition coefficient (Wildman–Crippen LogP) is 6.89. The Bertz CT molecular complexity index is 1240. The van der Waals surface area contributed by atoms with Crippen LogP contribution in [0.15, 0.2) is 66.7 Å². The Hall–Kier alpha value is -3.64. The number of ether oxygens (including phenoxy) is 3. The van der Waals surface area contributed by atoms with Crippen molar-refractivity contribution < 1.29 is 28.6 Å². The number of esters is 3. The van der Waals surface area contributed by atoms with Gasteiger partial charge in [0, 0.05) is 10.6 Å². The number of rotatable bonds is 8. The summed E-state index contributed by atoms with van der Waals surface area (Å²) in [5.41, 5.74) is 1.16. The molecule has 0 N–H and O–H groups in total. The molecular weight excluding hydrogens is 480 g/mol. The van der Waals surface area contributed by atoms with E-state index >= 15 is 0 Å². The molecule has 3 rings (SSSR count). The molecule has 0 saturated carbocycles. The molecule has 0 fully saturated rings. The average Bonchev–Trinajstić information content (AvgIpc) is 2.85. The third-order valence-corrected chi connectivity index (χ3v) is 5.34. The predicted molar refractivity (Wildman–Crippen MR) is 138 cm³/mol. The third-order valence-electron chi connectivity index (χ3n) is 5.03. The van der Waals surface area contributed by atoms with Crippen LogP contribution in [0.3, 0.4) is 0 Å². The van der Waals surface area contributed by atoms with Gasteiger partial charge in [-0.3, -0.25) is 0 Å². The molecule has 0 amide bonds. The molecule has 36 heavy (non-hydrogen) atoms. The Labute approximate surface area is 216 Å². The number of halogens is 1. The van der Waals surface area contributed by atoms with Crippen LogP contribution in [-0.4, -0.2) is 30.1 Å². The first-order valence-corrected chi connectivity index (χ1v) is 12.0. The molecule has 188 valence electrons. The van der Waals surface area contributed by atoms with Crippen molar-refractivity contribution >= 4 is 29.5 Å². The van der Waals surface area contributed by atoms with Crippen molar-refractivity contribution in [1.29, 1.82) is 0 Å². The molecule has 0 heterocycles. The molecule has 0 spiro atoms. The summed E-state index contributed by atoms with van der Waals surface area (Å²) in [6.07, 6.45) is 0.664. The van der Waals surface area contributed by atoms with E-state index < -0.39 is 23.5 Å². The smallest absolute Gasteiger partial charge is 0.339 e. The minimum Gasteiger partial charge on any atom is -0.462 e. The van der Waals surface area contributed by atoms with Crippen molar-refractivity contribution in [2.75, 3.05) is 6.61 Å². The fourth-order valence-electron chi connectivity index (χ4n) is 3.44. The first-order valence-electron chi connectivity index (χ1n) is 11.6. The van der Waals surface area contributed by atoms with E-state index in [0.29, 0.717) is 17.5 Å². The van der Waals surface area contributed by atoms with Crippen LogP contribution in [0.1, 0.15) is 70.8 Å². The lowest BCUT2D eigenvalue weighted by Crippen LogP contribution is -2.24. The van der Waals surface area contributed by atoms with Crippen LogP contribution in [0, 0.1) is 0 Å². The summed E-state index contributed by atoms with van der Waals surface area (Å²) in [5, 5.41) is 0.246. The Morgan fingerprint density at radius 3 is 2.19 bits per heavy atom. The second-order valence-corrected chi connectivity index (χ2v) is 9.53. The van der Waals surface area contributed by atoms with Gasteiger partial charge in [-0.05, 0) is 62.6 Å². The van der Waals surface area contributed by atoms with Gasteiger partial charge in [-0.1, -0.05) is 61.0 Å². The van der Waals surface area contributed by atoms with Crippen molar-refractivity contribution in [3.05, 3.63) is 94.0 Å². The summed E-state index contributed by atoms with van der Waals surface area (Å²) >= 11 is 6.55. The van der Waals surface area contributed by atoms with E-state index in [0.717, 1.165) is 5.56 Å². The molecule has 0 aliphatic heterocycles. The van der Waals surface area contributed by atoms with E-state index in [1.165, 1.54) is 12.1 Å². The van der Waals surface area contributed by atoms with E-state index in [1.54, 1.807) is 45.0 Å². The largest absolute Gasteiger partial charge is 0.462 e. The maximum absolute atomic E-state index is 13.2. The lowest BCUT2D eigenvalue weighted by molar-refractivity contribution is 0.00700. The van der Waals surface area contributed by atoms with Crippen LogP contribution in [0.25, 0.3) is 11.1 Å². The minimum absolute atomic E-state index is 0.0761. The molecule has 0 bridgehead atoms. The zero-order valence-corrected chi connectivity index (χ0v) is 21.6. The van der Waals surface area contributed by atoms with Crippen molar-refractivity contribution in [1.82, 2.24) is 0 Å². The number of hydrogen-bond donors (Lipinski definition) is 0. The summed E-state index contributed by atoms with van der Waals surface area (Å²) in [4.78, 5) is 38.8. The number of benzene rings is 3. The normalized spacial score (nSPS) is 11.0. The summed E-state index contributed by atoms with van der Waals surface area (Å²) in [7, 11) is 0. The highest BCUT2D eigenvalue weighted by Gasteiger charge is 2.26. The molecule has 7 heteroatoms. The first-order chi connectivity index (χ1) is 17.1. The lowest BCUT2D eigenvalue weighted by Gasteiger charge is -2.21. The van der Waals surface area contributed by atoms with Crippen LogP contribution in [0.2, 0.25) is 5.02 Å². The molecule has 0 unspecified atom stereocenters. The van der Waals surface area contributed by atoms with Crippen molar-refractivity contribution in [3.8, 4) is 11.1 Å². The molecule has 3 aromatic rings. The standard InChI is InChI=1S/C29H29ClO6/c1-5-16-34-26(31)20-14-15-21(23(17-20)28(33)36-29(2,3)4)25-22(12-9-13-24(25)30)27(32)35-18-19-10-7-6-8-11-19/h6-15,17H,5,16,18H2,1-4H3. The molecule has 0 saturated heterocycles. The van der Waals surface area contributed by atoms with Gasteiger partial charge in [0.2, 0.25) is 0 Å². The molecule has 3 aromatic carbocycles. The Morgan fingerprint density at radius 1 is 0.806 bits per heavy atom. The monoisotopic (exact) mass is 508 g/mol. The third kappa shape index (κ3) is 6.95. The van der Waals surface area contributed by atoms with Gasteiger partial charge in [0.25, 0.3) is 0 Å². The summed E-state index contributed by atoms with van der Waals surface area (Å²) in [6, 6.07) is 18.6. The van der Waals surface area contributed by atoms with E-state index in [4.69, 9.17) is 25.8 Å². The molecular formula is C29H29ClO6. The number of carbonyl (C=O) groups is 3. The summed E-state index contributed by atoms with van der Waals surface area (Å²) < 4.78 is 16.4.